The number of carbonyl (C=O) groups excluding carboxylic acids is 3. The molecule has 0 bridgehead atoms. The van der Waals surface area contributed by atoms with Gasteiger partial charge in [0.25, 0.3) is 11.8 Å². The summed E-state index contributed by atoms with van der Waals surface area (Å²) in [5.41, 5.74) is -0.477. The molecule has 1 aliphatic heterocycles. The molecular formula is C23H23NO6. The van der Waals surface area contributed by atoms with E-state index in [9.17, 15) is 24.3 Å². The van der Waals surface area contributed by atoms with E-state index in [2.05, 4.69) is 0 Å². The Kier molecular flexibility index (Phi) is 6.74. The first-order valence-electron chi connectivity index (χ1n) is 9.78. The molecule has 0 saturated heterocycles. The Morgan fingerprint density at radius 1 is 0.967 bits per heavy atom. The maximum absolute atomic E-state index is 13.0. The fourth-order valence-corrected chi connectivity index (χ4v) is 3.72. The molecule has 1 aliphatic rings. The summed E-state index contributed by atoms with van der Waals surface area (Å²) in [4.78, 5) is 50.0. The highest BCUT2D eigenvalue weighted by molar-refractivity contribution is 6.23. The number of benzene rings is 2. The van der Waals surface area contributed by atoms with Gasteiger partial charge in [-0.05, 0) is 30.5 Å². The molecule has 1 unspecified atom stereocenters. The fourth-order valence-electron chi connectivity index (χ4n) is 3.72. The Labute approximate surface area is 174 Å². The molecule has 2 aromatic carbocycles. The van der Waals surface area contributed by atoms with E-state index in [1.54, 1.807) is 12.1 Å². The maximum Gasteiger partial charge on any atom is 0.330 e. The second-order valence-corrected chi connectivity index (χ2v) is 7.18. The van der Waals surface area contributed by atoms with Crippen molar-refractivity contribution >= 4 is 24.1 Å². The molecule has 1 heterocycles. The number of ether oxygens (including phenoxy) is 1. The molecule has 1 N–H and O–H groups in total. The summed E-state index contributed by atoms with van der Waals surface area (Å²) in [6.07, 6.45) is 0.979. The number of rotatable bonds is 11. The lowest BCUT2D eigenvalue weighted by atomic mass is 9.87. The van der Waals surface area contributed by atoms with Crippen LogP contribution in [0.2, 0.25) is 0 Å². The van der Waals surface area contributed by atoms with Crippen molar-refractivity contribution in [2.24, 2.45) is 0 Å². The molecule has 7 heteroatoms. The molecule has 0 saturated carbocycles. The van der Waals surface area contributed by atoms with Crippen LogP contribution < -0.4 is 0 Å². The van der Waals surface area contributed by atoms with Gasteiger partial charge in [0.1, 0.15) is 6.29 Å². The van der Waals surface area contributed by atoms with E-state index < -0.39 is 23.3 Å². The van der Waals surface area contributed by atoms with Crippen molar-refractivity contribution in [3.05, 3.63) is 71.3 Å². The van der Waals surface area contributed by atoms with E-state index in [1.807, 2.05) is 30.3 Å². The Morgan fingerprint density at radius 3 is 2.13 bits per heavy atom. The first-order chi connectivity index (χ1) is 14.5. The molecular weight excluding hydrogens is 386 g/mol. The molecule has 30 heavy (non-hydrogen) atoms. The third-order valence-corrected chi connectivity index (χ3v) is 5.30. The van der Waals surface area contributed by atoms with Crippen LogP contribution in [0.25, 0.3) is 0 Å². The van der Waals surface area contributed by atoms with Crippen LogP contribution in [0.1, 0.15) is 52.0 Å². The van der Waals surface area contributed by atoms with E-state index in [4.69, 9.17) is 4.74 Å². The van der Waals surface area contributed by atoms with Crippen molar-refractivity contribution in [1.29, 1.82) is 0 Å². The number of carbonyl (C=O) groups is 4. The molecule has 1 atom stereocenters. The highest BCUT2D eigenvalue weighted by atomic mass is 16.5. The third kappa shape index (κ3) is 4.16. The van der Waals surface area contributed by atoms with Gasteiger partial charge in [0.05, 0.1) is 17.7 Å². The van der Waals surface area contributed by atoms with Crippen molar-refractivity contribution < 1.29 is 29.0 Å². The average molecular weight is 409 g/mol. The van der Waals surface area contributed by atoms with E-state index >= 15 is 0 Å². The molecule has 0 fully saturated rings. The first-order valence-corrected chi connectivity index (χ1v) is 9.78. The molecule has 0 aliphatic carbocycles. The van der Waals surface area contributed by atoms with E-state index in [0.717, 1.165) is 10.5 Å². The highest BCUT2D eigenvalue weighted by Crippen LogP contribution is 2.35. The van der Waals surface area contributed by atoms with Crippen LogP contribution in [0.4, 0.5) is 0 Å². The predicted molar refractivity (Wildman–Crippen MR) is 108 cm³/mol. The predicted octanol–water partition coefficient (Wildman–Crippen LogP) is 3.08. The fraction of sp³-hybridized carbons (Fsp3) is 0.304. The van der Waals surface area contributed by atoms with Gasteiger partial charge in [-0.15, -0.1) is 0 Å². The SMILES string of the molecule is O=CCCCC(CCOCc1ccccc1)(C(=O)O)N1C(=O)c2ccccc2C1=O. The molecule has 0 radical (unpaired) electrons. The van der Waals surface area contributed by atoms with Gasteiger partial charge in [-0.3, -0.25) is 14.5 Å². The zero-order valence-electron chi connectivity index (χ0n) is 16.5. The van der Waals surface area contributed by atoms with Crippen molar-refractivity contribution in [2.45, 2.75) is 37.8 Å². The molecule has 2 aromatic rings. The largest absolute Gasteiger partial charge is 0.479 e. The monoisotopic (exact) mass is 409 g/mol. The number of aldehydes is 1. The van der Waals surface area contributed by atoms with Crippen LogP contribution in [0.5, 0.6) is 0 Å². The summed E-state index contributed by atoms with van der Waals surface area (Å²) in [7, 11) is 0. The summed E-state index contributed by atoms with van der Waals surface area (Å²) in [6.45, 7) is 0.322. The van der Waals surface area contributed by atoms with Crippen molar-refractivity contribution in [1.82, 2.24) is 4.90 Å². The van der Waals surface area contributed by atoms with Gasteiger partial charge in [-0.2, -0.15) is 0 Å². The van der Waals surface area contributed by atoms with Crippen LogP contribution in [-0.2, 0) is 20.9 Å². The summed E-state index contributed by atoms with van der Waals surface area (Å²) in [6, 6.07) is 15.7. The van der Waals surface area contributed by atoms with Crippen LogP contribution in [-0.4, -0.2) is 46.2 Å². The Hall–Kier alpha value is -3.32. The lowest BCUT2D eigenvalue weighted by Gasteiger charge is -2.36. The van der Waals surface area contributed by atoms with Crippen LogP contribution in [0, 0.1) is 0 Å². The number of hydrogen-bond donors (Lipinski definition) is 1. The smallest absolute Gasteiger partial charge is 0.330 e. The van der Waals surface area contributed by atoms with Gasteiger partial charge in [-0.25, -0.2) is 4.79 Å². The number of amides is 2. The Morgan fingerprint density at radius 2 is 1.57 bits per heavy atom. The summed E-state index contributed by atoms with van der Waals surface area (Å²) in [5, 5.41) is 10.1. The minimum atomic E-state index is -1.78. The van der Waals surface area contributed by atoms with Gasteiger partial charge in [0.15, 0.2) is 5.54 Å². The van der Waals surface area contributed by atoms with E-state index in [0.29, 0.717) is 6.29 Å². The lowest BCUT2D eigenvalue weighted by molar-refractivity contribution is -0.150. The molecule has 7 nitrogen and oxygen atoms in total. The topological polar surface area (TPSA) is 101 Å². The second kappa shape index (κ2) is 9.45. The van der Waals surface area contributed by atoms with Crippen LogP contribution in [0.3, 0.4) is 0 Å². The van der Waals surface area contributed by atoms with Gasteiger partial charge in [0, 0.05) is 19.4 Å². The average Bonchev–Trinajstić information content (AvgIpc) is 3.01. The number of unbranched alkanes of at least 4 members (excludes halogenated alkanes) is 1. The van der Waals surface area contributed by atoms with Crippen LogP contribution >= 0.6 is 0 Å². The first kappa shape index (κ1) is 21.4. The number of nitrogens with zero attached hydrogens (tertiary/aromatic N) is 1. The minimum Gasteiger partial charge on any atom is -0.479 e. The maximum atomic E-state index is 13.0. The van der Waals surface area contributed by atoms with Crippen molar-refractivity contribution in [2.75, 3.05) is 6.61 Å². The lowest BCUT2D eigenvalue weighted by Crippen LogP contribution is -2.57. The molecule has 0 aromatic heterocycles. The zero-order chi connectivity index (χ0) is 21.6. The standard InChI is InChI=1S/C23H23NO6/c25-14-7-6-12-23(22(28)29,13-15-30-16-17-8-2-1-3-9-17)24-20(26)18-10-4-5-11-19(18)21(24)27/h1-5,8-11,14H,6-7,12-13,15-16H2,(H,28,29). The van der Waals surface area contributed by atoms with Crippen molar-refractivity contribution in [3.63, 3.8) is 0 Å². The molecule has 0 spiro atoms. The van der Waals surface area contributed by atoms with Gasteiger partial charge < -0.3 is 14.6 Å². The number of aliphatic carboxylic acids is 1. The zero-order valence-corrected chi connectivity index (χ0v) is 16.5. The number of carboxylic acids is 1. The van der Waals surface area contributed by atoms with Crippen LogP contribution in [0.15, 0.2) is 54.6 Å². The van der Waals surface area contributed by atoms with E-state index in [-0.39, 0.29) is 50.0 Å². The summed E-state index contributed by atoms with van der Waals surface area (Å²) < 4.78 is 5.66. The second-order valence-electron chi connectivity index (χ2n) is 7.18. The number of carboxylic acid groups (broad SMARTS) is 1. The minimum absolute atomic E-state index is 0.0265. The normalized spacial score (nSPS) is 15.0. The van der Waals surface area contributed by atoms with Gasteiger partial charge >= 0.3 is 5.97 Å². The Bertz CT molecular complexity index is 907. The van der Waals surface area contributed by atoms with E-state index in [1.165, 1.54) is 12.1 Å². The molecule has 2 amide bonds. The molecule has 156 valence electrons. The number of hydrogen-bond acceptors (Lipinski definition) is 5. The summed E-state index contributed by atoms with van der Waals surface area (Å²) >= 11 is 0. The quantitative estimate of drug-likeness (QED) is 0.348. The summed E-state index contributed by atoms with van der Waals surface area (Å²) in [5.74, 6) is -2.55. The molecule has 3 rings (SSSR count). The highest BCUT2D eigenvalue weighted by Gasteiger charge is 2.53. The third-order valence-electron chi connectivity index (χ3n) is 5.30. The number of imide groups is 1. The Balaban J connectivity index is 1.83. The van der Waals surface area contributed by atoms with Gasteiger partial charge in [0.2, 0.25) is 0 Å². The van der Waals surface area contributed by atoms with Gasteiger partial charge in [-0.1, -0.05) is 42.5 Å². The van der Waals surface area contributed by atoms with Crippen molar-refractivity contribution in [3.8, 4) is 0 Å². The number of fused-ring (bicyclic) bond motifs is 1.